The maximum absolute atomic E-state index is 2.41. The van der Waals surface area contributed by atoms with Crippen LogP contribution >= 0.6 is 11.3 Å². The SMILES string of the molecule is c1ccc(N(c2ccccc2)c2cccc3sc4cccc(C5(c6ccccc6)c6ccccc6-c6ccccc65)c4c23)cc1. The van der Waals surface area contributed by atoms with Crippen molar-refractivity contribution in [2.24, 2.45) is 0 Å². The van der Waals surface area contributed by atoms with Crippen molar-refractivity contribution in [1.29, 1.82) is 0 Å². The molecule has 0 N–H and O–H groups in total. The van der Waals surface area contributed by atoms with Crippen molar-refractivity contribution in [3.8, 4) is 11.1 Å². The number of fused-ring (bicyclic) bond motifs is 6. The molecule has 0 bridgehead atoms. The average molecular weight is 592 g/mol. The topological polar surface area (TPSA) is 3.24 Å². The van der Waals surface area contributed by atoms with Crippen LogP contribution in [0, 0.1) is 0 Å². The van der Waals surface area contributed by atoms with Gasteiger partial charge in [-0.1, -0.05) is 133 Å². The molecule has 0 aliphatic heterocycles. The molecule has 0 spiro atoms. The summed E-state index contributed by atoms with van der Waals surface area (Å²) in [6, 6.07) is 64.4. The van der Waals surface area contributed by atoms with Gasteiger partial charge in [-0.3, -0.25) is 0 Å². The van der Waals surface area contributed by atoms with Crippen molar-refractivity contribution in [3.05, 3.63) is 198 Å². The molecule has 8 aromatic rings. The molecule has 9 rings (SSSR count). The van der Waals surface area contributed by atoms with Crippen LogP contribution in [0.2, 0.25) is 0 Å². The largest absolute Gasteiger partial charge is 0.310 e. The number of thiophene rings is 1. The Hall–Kier alpha value is -5.44. The minimum Gasteiger partial charge on any atom is -0.310 e. The lowest BCUT2D eigenvalue weighted by Gasteiger charge is -2.35. The van der Waals surface area contributed by atoms with E-state index in [1.807, 2.05) is 11.3 Å². The van der Waals surface area contributed by atoms with Gasteiger partial charge in [0.05, 0.1) is 11.1 Å². The van der Waals surface area contributed by atoms with Crippen molar-refractivity contribution in [2.75, 3.05) is 4.90 Å². The van der Waals surface area contributed by atoms with Crippen LogP contribution in [0.5, 0.6) is 0 Å². The van der Waals surface area contributed by atoms with Crippen molar-refractivity contribution >= 4 is 48.6 Å². The van der Waals surface area contributed by atoms with Crippen molar-refractivity contribution < 1.29 is 0 Å². The molecule has 1 aliphatic rings. The van der Waals surface area contributed by atoms with Crippen LogP contribution < -0.4 is 4.90 Å². The highest BCUT2D eigenvalue weighted by Crippen LogP contribution is 2.59. The highest BCUT2D eigenvalue weighted by Gasteiger charge is 2.47. The lowest BCUT2D eigenvalue weighted by atomic mass is 9.66. The van der Waals surface area contributed by atoms with E-state index in [1.54, 1.807) is 0 Å². The minimum absolute atomic E-state index is 0.473. The van der Waals surface area contributed by atoms with E-state index in [-0.39, 0.29) is 0 Å². The summed E-state index contributed by atoms with van der Waals surface area (Å²) in [6.07, 6.45) is 0. The predicted octanol–water partition coefficient (Wildman–Crippen LogP) is 11.9. The summed E-state index contributed by atoms with van der Waals surface area (Å²) in [6.45, 7) is 0. The second kappa shape index (κ2) is 10.3. The summed E-state index contributed by atoms with van der Waals surface area (Å²) in [5, 5.41) is 2.61. The van der Waals surface area contributed by atoms with Crippen molar-refractivity contribution in [2.45, 2.75) is 5.41 Å². The van der Waals surface area contributed by atoms with Gasteiger partial charge in [0.25, 0.3) is 0 Å². The van der Waals surface area contributed by atoms with E-state index >= 15 is 0 Å². The zero-order valence-corrected chi connectivity index (χ0v) is 25.4. The molecular weight excluding hydrogens is 563 g/mol. The molecule has 1 heterocycles. The van der Waals surface area contributed by atoms with E-state index < -0.39 is 5.41 Å². The number of nitrogens with zero attached hydrogens (tertiary/aromatic N) is 1. The van der Waals surface area contributed by atoms with E-state index in [0.29, 0.717) is 0 Å². The first-order chi connectivity index (χ1) is 22.4. The maximum Gasteiger partial charge on any atom is 0.0720 e. The van der Waals surface area contributed by atoms with Crippen molar-refractivity contribution in [1.82, 2.24) is 0 Å². The van der Waals surface area contributed by atoms with Gasteiger partial charge in [0, 0.05) is 31.5 Å². The van der Waals surface area contributed by atoms with Gasteiger partial charge in [0.2, 0.25) is 0 Å². The van der Waals surface area contributed by atoms with Gasteiger partial charge >= 0.3 is 0 Å². The van der Waals surface area contributed by atoms with Gasteiger partial charge in [0.1, 0.15) is 0 Å². The van der Waals surface area contributed by atoms with Gasteiger partial charge < -0.3 is 4.90 Å². The lowest BCUT2D eigenvalue weighted by molar-refractivity contribution is 0.777. The first-order valence-corrected chi connectivity index (χ1v) is 16.3. The fraction of sp³-hybridized carbons (Fsp3) is 0.0233. The van der Waals surface area contributed by atoms with Gasteiger partial charge in [-0.05, 0) is 75.8 Å². The Labute approximate surface area is 267 Å². The molecule has 1 aromatic heterocycles. The molecule has 212 valence electrons. The summed E-state index contributed by atoms with van der Waals surface area (Å²) in [4.78, 5) is 2.41. The van der Waals surface area contributed by atoms with Gasteiger partial charge in [-0.15, -0.1) is 11.3 Å². The molecule has 2 heteroatoms. The number of hydrogen-bond acceptors (Lipinski definition) is 2. The first kappa shape index (κ1) is 26.0. The molecule has 0 radical (unpaired) electrons. The fourth-order valence-corrected chi connectivity index (χ4v) is 8.76. The summed E-state index contributed by atoms with van der Waals surface area (Å²) in [7, 11) is 0. The monoisotopic (exact) mass is 591 g/mol. The van der Waals surface area contributed by atoms with E-state index in [0.717, 1.165) is 11.4 Å². The van der Waals surface area contributed by atoms with Gasteiger partial charge in [0.15, 0.2) is 0 Å². The summed E-state index contributed by atoms with van der Waals surface area (Å²) in [5.74, 6) is 0. The smallest absolute Gasteiger partial charge is 0.0720 e. The zero-order chi connectivity index (χ0) is 29.8. The Morgan fingerprint density at radius 3 is 1.44 bits per heavy atom. The number of rotatable bonds is 5. The quantitative estimate of drug-likeness (QED) is 0.192. The second-order valence-electron chi connectivity index (χ2n) is 11.6. The molecule has 0 unspecified atom stereocenters. The molecule has 0 fully saturated rings. The van der Waals surface area contributed by atoms with Crippen molar-refractivity contribution in [3.63, 3.8) is 0 Å². The molecule has 0 saturated heterocycles. The van der Waals surface area contributed by atoms with Gasteiger partial charge in [-0.2, -0.15) is 0 Å². The third-order valence-corrected chi connectivity index (χ3v) is 10.5. The third-order valence-electron chi connectivity index (χ3n) is 9.33. The molecule has 0 amide bonds. The predicted molar refractivity (Wildman–Crippen MR) is 191 cm³/mol. The summed E-state index contributed by atoms with van der Waals surface area (Å²) < 4.78 is 2.59. The van der Waals surface area contributed by atoms with Crippen LogP contribution in [0.3, 0.4) is 0 Å². The Morgan fingerprint density at radius 1 is 0.378 bits per heavy atom. The third kappa shape index (κ3) is 3.79. The molecule has 1 aliphatic carbocycles. The molecule has 0 saturated carbocycles. The zero-order valence-electron chi connectivity index (χ0n) is 24.6. The normalized spacial score (nSPS) is 13.1. The van der Waals surface area contributed by atoms with Gasteiger partial charge in [-0.25, -0.2) is 0 Å². The van der Waals surface area contributed by atoms with E-state index in [9.17, 15) is 0 Å². The molecule has 7 aromatic carbocycles. The summed E-state index contributed by atoms with van der Waals surface area (Å²) in [5.41, 5.74) is 10.9. The van der Waals surface area contributed by atoms with E-state index in [2.05, 4.69) is 181 Å². The highest BCUT2D eigenvalue weighted by atomic mass is 32.1. The number of hydrogen-bond donors (Lipinski definition) is 0. The molecule has 45 heavy (non-hydrogen) atoms. The number of para-hydroxylation sites is 2. The highest BCUT2D eigenvalue weighted by molar-refractivity contribution is 7.26. The van der Waals surface area contributed by atoms with E-state index in [1.165, 1.54) is 59.2 Å². The Bertz CT molecular complexity index is 2240. The Balaban J connectivity index is 1.45. The van der Waals surface area contributed by atoms with Crippen LogP contribution in [0.1, 0.15) is 22.3 Å². The number of benzene rings is 7. The molecule has 1 nitrogen and oxygen atoms in total. The standard InChI is InChI=1S/C43H29NS/c1-4-16-30(17-5-1)43(35-24-12-10-22-33(35)34-23-11-13-25-36(34)43)37-26-14-28-39-41(37)42-38(27-15-29-40(42)45-39)44(31-18-6-2-7-19-31)32-20-8-3-9-21-32/h1-29H. The maximum atomic E-state index is 2.41. The van der Waals surface area contributed by atoms with Crippen LogP contribution in [0.25, 0.3) is 31.3 Å². The van der Waals surface area contributed by atoms with E-state index in [4.69, 9.17) is 0 Å². The Kier molecular flexibility index (Phi) is 5.97. The fourth-order valence-electron chi connectivity index (χ4n) is 7.61. The molecular formula is C43H29NS. The van der Waals surface area contributed by atoms with Crippen LogP contribution in [-0.4, -0.2) is 0 Å². The Morgan fingerprint density at radius 2 is 0.844 bits per heavy atom. The van der Waals surface area contributed by atoms with Crippen LogP contribution in [0.15, 0.2) is 176 Å². The second-order valence-corrected chi connectivity index (χ2v) is 12.7. The van der Waals surface area contributed by atoms with Crippen LogP contribution in [-0.2, 0) is 5.41 Å². The summed E-state index contributed by atoms with van der Waals surface area (Å²) >= 11 is 1.89. The average Bonchev–Trinajstić information content (AvgIpc) is 3.65. The first-order valence-electron chi connectivity index (χ1n) is 15.5. The number of anilines is 3. The molecule has 0 atom stereocenters. The van der Waals surface area contributed by atoms with Crippen LogP contribution in [0.4, 0.5) is 17.1 Å². The minimum atomic E-state index is -0.473. The lowest BCUT2D eigenvalue weighted by Crippen LogP contribution is -2.28.